The minimum Gasteiger partial charge on any atom is -0.391 e. The van der Waals surface area contributed by atoms with E-state index in [9.17, 15) is 12.8 Å². The van der Waals surface area contributed by atoms with E-state index in [0.29, 0.717) is 0 Å². The second-order valence-corrected chi connectivity index (χ2v) is 5.56. The van der Waals surface area contributed by atoms with Gasteiger partial charge in [-0.15, -0.1) is 0 Å². The molecule has 1 aliphatic rings. The number of hydrogen-bond acceptors (Lipinski definition) is 4. The number of fused-ring (bicyclic) bond motifs is 1. The van der Waals surface area contributed by atoms with Crippen LogP contribution in [-0.2, 0) is 10.0 Å². The van der Waals surface area contributed by atoms with Crippen LogP contribution >= 0.6 is 0 Å². The van der Waals surface area contributed by atoms with Crippen LogP contribution < -0.4 is 10.0 Å². The van der Waals surface area contributed by atoms with Gasteiger partial charge in [-0.05, 0) is 25.1 Å². The van der Waals surface area contributed by atoms with Crippen molar-refractivity contribution in [3.05, 3.63) is 24.0 Å². The van der Waals surface area contributed by atoms with E-state index in [0.717, 1.165) is 12.1 Å². The lowest BCUT2D eigenvalue weighted by Crippen LogP contribution is -2.41. The quantitative estimate of drug-likeness (QED) is 0.721. The highest BCUT2D eigenvalue weighted by atomic mass is 32.2. The Labute approximate surface area is 104 Å². The van der Waals surface area contributed by atoms with Crippen molar-refractivity contribution in [2.24, 2.45) is 4.99 Å². The Bertz CT molecular complexity index is 598. The largest absolute Gasteiger partial charge is 0.391 e. The van der Waals surface area contributed by atoms with Crippen LogP contribution in [0.2, 0.25) is 0 Å². The maximum atomic E-state index is 13.0. The Morgan fingerprint density at radius 2 is 2.22 bits per heavy atom. The van der Waals surface area contributed by atoms with Gasteiger partial charge in [-0.2, -0.15) is 0 Å². The molecule has 0 saturated carbocycles. The topological polar surface area (TPSA) is 90.8 Å². The molecule has 0 amide bonds. The van der Waals surface area contributed by atoms with Crippen LogP contribution in [0.4, 0.5) is 10.1 Å². The van der Waals surface area contributed by atoms with Crippen LogP contribution in [0.25, 0.3) is 0 Å². The zero-order valence-corrected chi connectivity index (χ0v) is 10.3. The van der Waals surface area contributed by atoms with Crippen LogP contribution in [0.3, 0.4) is 0 Å². The number of guanidine groups is 1. The average Bonchev–Trinajstić information content (AvgIpc) is 2.27. The molecular weight excluding hydrogens is 261 g/mol. The summed E-state index contributed by atoms with van der Waals surface area (Å²) < 4.78 is 38.8. The zero-order chi connectivity index (χ0) is 13.3. The van der Waals surface area contributed by atoms with Gasteiger partial charge in [0.1, 0.15) is 10.7 Å². The van der Waals surface area contributed by atoms with E-state index >= 15 is 0 Å². The summed E-state index contributed by atoms with van der Waals surface area (Å²) >= 11 is 0. The van der Waals surface area contributed by atoms with Crippen LogP contribution in [0, 0.1) is 5.82 Å². The van der Waals surface area contributed by atoms with Gasteiger partial charge >= 0.3 is 0 Å². The Hall–Kier alpha value is -1.67. The molecule has 0 aliphatic carbocycles. The molecule has 18 heavy (non-hydrogen) atoms. The lowest BCUT2D eigenvalue weighted by molar-refractivity contribution is 0.204. The molecular formula is C10H12FN3O3S. The highest BCUT2D eigenvalue weighted by molar-refractivity contribution is 7.90. The monoisotopic (exact) mass is 273 g/mol. The van der Waals surface area contributed by atoms with E-state index in [1.807, 2.05) is 0 Å². The molecule has 98 valence electrons. The summed E-state index contributed by atoms with van der Waals surface area (Å²) in [5, 5.41) is 11.8. The number of nitrogens with one attached hydrogen (secondary N) is 2. The first-order chi connectivity index (χ1) is 8.38. The van der Waals surface area contributed by atoms with Gasteiger partial charge in [-0.25, -0.2) is 22.5 Å². The third-order valence-corrected chi connectivity index (χ3v) is 3.61. The highest BCUT2D eigenvalue weighted by Crippen LogP contribution is 2.25. The third-order valence-electron chi connectivity index (χ3n) is 2.23. The predicted octanol–water partition coefficient (Wildman–Crippen LogP) is 0.266. The average molecular weight is 273 g/mol. The molecule has 0 spiro atoms. The Morgan fingerprint density at radius 1 is 1.50 bits per heavy atom. The van der Waals surface area contributed by atoms with Gasteiger partial charge in [0.25, 0.3) is 10.0 Å². The van der Waals surface area contributed by atoms with Gasteiger partial charge in [-0.1, -0.05) is 0 Å². The van der Waals surface area contributed by atoms with E-state index < -0.39 is 21.9 Å². The number of nitrogens with zero attached hydrogens (tertiary/aromatic N) is 1. The Kier molecular flexibility index (Phi) is 3.22. The minimum atomic E-state index is -3.83. The third kappa shape index (κ3) is 2.59. The number of hydrogen-bond donors (Lipinski definition) is 3. The molecule has 0 fully saturated rings. The molecule has 1 aromatic carbocycles. The standard InChI is InChI=1S/C10H12FN3O3S/c1-6(15)5-12-10-13-8-3-2-7(11)4-9(8)18(16,17)14-10/h2-4,6,15H,5H2,1H3,(H2,12,13,14). The minimum absolute atomic E-state index is 0.00927. The van der Waals surface area contributed by atoms with Crippen LogP contribution in [0.5, 0.6) is 0 Å². The summed E-state index contributed by atoms with van der Waals surface area (Å²) in [5.41, 5.74) is 0.250. The van der Waals surface area contributed by atoms with Crippen molar-refractivity contribution in [3.8, 4) is 0 Å². The van der Waals surface area contributed by atoms with Crippen LogP contribution in [0.15, 0.2) is 28.1 Å². The van der Waals surface area contributed by atoms with Crippen molar-refractivity contribution in [1.82, 2.24) is 4.72 Å². The van der Waals surface area contributed by atoms with E-state index in [1.54, 1.807) is 0 Å². The molecule has 6 nitrogen and oxygen atoms in total. The van der Waals surface area contributed by atoms with Gasteiger partial charge in [0.05, 0.1) is 18.3 Å². The molecule has 0 aromatic heterocycles. The number of benzene rings is 1. The van der Waals surface area contributed by atoms with Crippen molar-refractivity contribution in [1.29, 1.82) is 0 Å². The predicted molar refractivity (Wildman–Crippen MR) is 64.3 cm³/mol. The Balaban J connectivity index is 2.39. The molecule has 8 heteroatoms. The summed E-state index contributed by atoms with van der Waals surface area (Å²) in [4.78, 5) is 3.70. The maximum Gasteiger partial charge on any atom is 0.266 e. The van der Waals surface area contributed by atoms with Gasteiger partial charge < -0.3 is 10.4 Å². The van der Waals surface area contributed by atoms with Crippen LogP contribution in [-0.4, -0.2) is 32.1 Å². The summed E-state index contributed by atoms with van der Waals surface area (Å²) in [6.45, 7) is 1.59. The molecule has 0 saturated heterocycles. The first-order valence-electron chi connectivity index (χ1n) is 5.20. The van der Waals surface area contributed by atoms with Gasteiger partial charge in [-0.3, -0.25) is 0 Å². The highest BCUT2D eigenvalue weighted by Gasteiger charge is 2.26. The van der Waals surface area contributed by atoms with Gasteiger partial charge in [0, 0.05) is 0 Å². The summed E-state index contributed by atoms with van der Waals surface area (Å²) in [6.07, 6.45) is -0.682. The fourth-order valence-corrected chi connectivity index (χ4v) is 2.61. The fraction of sp³-hybridized carbons (Fsp3) is 0.300. The molecule has 0 bridgehead atoms. The number of halogens is 1. The van der Waals surface area contributed by atoms with Crippen molar-refractivity contribution in [2.75, 3.05) is 11.9 Å². The molecule has 1 aliphatic heterocycles. The van der Waals surface area contributed by atoms with Crippen LogP contribution in [0.1, 0.15) is 6.92 Å². The molecule has 3 N–H and O–H groups in total. The smallest absolute Gasteiger partial charge is 0.266 e. The van der Waals surface area contributed by atoms with Crippen molar-refractivity contribution in [3.63, 3.8) is 0 Å². The number of aliphatic hydroxyl groups is 1. The molecule has 0 radical (unpaired) electrons. The maximum absolute atomic E-state index is 13.0. The molecule has 1 heterocycles. The first-order valence-corrected chi connectivity index (χ1v) is 6.69. The van der Waals surface area contributed by atoms with Crippen molar-refractivity contribution < 1.29 is 17.9 Å². The Morgan fingerprint density at radius 3 is 2.89 bits per heavy atom. The molecule has 1 aromatic rings. The number of aliphatic hydroxyl groups excluding tert-OH is 1. The first kappa shape index (κ1) is 12.8. The number of sulfonamides is 1. The molecule has 1 atom stereocenters. The lowest BCUT2D eigenvalue weighted by atomic mass is 10.3. The SMILES string of the molecule is CC(O)CN=C1Nc2ccc(F)cc2S(=O)(=O)N1. The summed E-state index contributed by atoms with van der Waals surface area (Å²) in [5.74, 6) is -0.625. The second kappa shape index (κ2) is 4.54. The van der Waals surface area contributed by atoms with E-state index in [1.165, 1.54) is 13.0 Å². The van der Waals surface area contributed by atoms with E-state index in [2.05, 4.69) is 15.0 Å². The van der Waals surface area contributed by atoms with Gasteiger partial charge in [0.15, 0.2) is 0 Å². The fourth-order valence-electron chi connectivity index (χ4n) is 1.45. The lowest BCUT2D eigenvalue weighted by Gasteiger charge is -2.21. The molecule has 1 unspecified atom stereocenters. The number of aliphatic imine (C=N–C) groups is 1. The normalized spacial score (nSPS) is 20.7. The zero-order valence-electron chi connectivity index (χ0n) is 9.51. The van der Waals surface area contributed by atoms with E-state index in [-0.39, 0.29) is 23.1 Å². The van der Waals surface area contributed by atoms with Crippen molar-refractivity contribution in [2.45, 2.75) is 17.9 Å². The number of rotatable bonds is 2. The van der Waals surface area contributed by atoms with E-state index in [4.69, 9.17) is 5.11 Å². The number of anilines is 1. The summed E-state index contributed by atoms with van der Waals surface area (Å²) in [6, 6.07) is 3.40. The van der Waals surface area contributed by atoms with Gasteiger partial charge in [0.2, 0.25) is 5.96 Å². The molecule has 2 rings (SSSR count). The van der Waals surface area contributed by atoms with Crippen molar-refractivity contribution >= 4 is 21.7 Å². The second-order valence-electron chi connectivity index (χ2n) is 3.91. The summed E-state index contributed by atoms with van der Waals surface area (Å²) in [7, 11) is -3.83.